The summed E-state index contributed by atoms with van der Waals surface area (Å²) in [6, 6.07) is 8.29. The number of para-hydroxylation sites is 2. The van der Waals surface area contributed by atoms with Gasteiger partial charge in [-0.3, -0.25) is 9.20 Å². The second-order valence-electron chi connectivity index (χ2n) is 6.66. The van der Waals surface area contributed by atoms with Crippen LogP contribution in [-0.2, 0) is 4.79 Å². The van der Waals surface area contributed by atoms with Crippen LogP contribution < -0.4 is 5.32 Å². The van der Waals surface area contributed by atoms with Gasteiger partial charge in [0.2, 0.25) is 11.7 Å². The molecule has 0 saturated heterocycles. The molecule has 25 heavy (non-hydrogen) atoms. The lowest BCUT2D eigenvalue weighted by molar-refractivity contribution is -0.119. The quantitative estimate of drug-likeness (QED) is 0.701. The summed E-state index contributed by atoms with van der Waals surface area (Å²) in [5.41, 5.74) is 1.94. The number of aromatic amines is 1. The van der Waals surface area contributed by atoms with Gasteiger partial charge in [-0.25, -0.2) is 10.1 Å². The SMILES string of the molecule is O=C(CSc1n[nH]c2nc3ccccc3n12)NC1CCCCCCC1. The molecule has 0 atom stereocenters. The van der Waals surface area contributed by atoms with Gasteiger partial charge in [0.05, 0.1) is 16.8 Å². The van der Waals surface area contributed by atoms with E-state index in [4.69, 9.17) is 0 Å². The number of thioether (sulfide) groups is 1. The average Bonchev–Trinajstić information content (AvgIpc) is 3.14. The molecule has 0 spiro atoms. The van der Waals surface area contributed by atoms with Crippen molar-refractivity contribution in [3.05, 3.63) is 24.3 Å². The number of carbonyl (C=O) groups is 1. The summed E-state index contributed by atoms with van der Waals surface area (Å²) < 4.78 is 1.98. The fourth-order valence-corrected chi connectivity index (χ4v) is 4.31. The predicted molar refractivity (Wildman–Crippen MR) is 99.8 cm³/mol. The van der Waals surface area contributed by atoms with E-state index in [1.54, 1.807) is 0 Å². The van der Waals surface area contributed by atoms with Crippen molar-refractivity contribution in [1.29, 1.82) is 0 Å². The smallest absolute Gasteiger partial charge is 0.231 e. The van der Waals surface area contributed by atoms with Crippen LogP contribution in [0.5, 0.6) is 0 Å². The summed E-state index contributed by atoms with van der Waals surface area (Å²) in [7, 11) is 0. The minimum absolute atomic E-state index is 0.0937. The van der Waals surface area contributed by atoms with Gasteiger partial charge < -0.3 is 5.32 Å². The topological polar surface area (TPSA) is 75.1 Å². The van der Waals surface area contributed by atoms with Gasteiger partial charge in [0.1, 0.15) is 0 Å². The Morgan fingerprint density at radius 1 is 1.20 bits per heavy atom. The fraction of sp³-hybridized carbons (Fsp3) is 0.500. The van der Waals surface area contributed by atoms with E-state index in [0.717, 1.165) is 29.0 Å². The molecule has 0 radical (unpaired) electrons. The summed E-state index contributed by atoms with van der Waals surface area (Å²) in [5.74, 6) is 1.18. The summed E-state index contributed by atoms with van der Waals surface area (Å²) in [6.07, 6.45) is 8.58. The number of H-pyrrole nitrogens is 1. The Bertz CT molecular complexity index is 863. The predicted octanol–water partition coefficient (Wildman–Crippen LogP) is 3.53. The van der Waals surface area contributed by atoms with Crippen LogP contribution in [-0.4, -0.2) is 37.3 Å². The normalized spacial score (nSPS) is 16.8. The third-order valence-electron chi connectivity index (χ3n) is 4.81. The van der Waals surface area contributed by atoms with E-state index in [1.807, 2.05) is 28.7 Å². The number of hydrogen-bond donors (Lipinski definition) is 2. The molecule has 1 aliphatic carbocycles. The molecule has 1 saturated carbocycles. The van der Waals surface area contributed by atoms with E-state index < -0.39 is 0 Å². The first kappa shape index (κ1) is 16.4. The van der Waals surface area contributed by atoms with Crippen LogP contribution in [0, 0.1) is 0 Å². The van der Waals surface area contributed by atoms with Gasteiger partial charge in [-0.2, -0.15) is 0 Å². The molecule has 6 nitrogen and oxygen atoms in total. The third-order valence-corrected chi connectivity index (χ3v) is 5.74. The van der Waals surface area contributed by atoms with Gasteiger partial charge in [-0.05, 0) is 25.0 Å². The lowest BCUT2D eigenvalue weighted by atomic mass is 9.97. The molecule has 132 valence electrons. The highest BCUT2D eigenvalue weighted by molar-refractivity contribution is 7.99. The van der Waals surface area contributed by atoms with E-state index >= 15 is 0 Å². The van der Waals surface area contributed by atoms with Gasteiger partial charge in [-0.1, -0.05) is 56.0 Å². The summed E-state index contributed by atoms with van der Waals surface area (Å²) in [4.78, 5) is 16.9. The van der Waals surface area contributed by atoms with Crippen molar-refractivity contribution in [2.24, 2.45) is 0 Å². The Labute approximate surface area is 150 Å². The maximum absolute atomic E-state index is 12.3. The molecular weight excluding hydrogens is 334 g/mol. The number of imidazole rings is 1. The Morgan fingerprint density at radius 2 is 1.96 bits per heavy atom. The zero-order valence-corrected chi connectivity index (χ0v) is 15.0. The molecule has 4 rings (SSSR count). The van der Waals surface area contributed by atoms with Gasteiger partial charge in [0, 0.05) is 6.04 Å². The standard InChI is InChI=1S/C18H23N5OS/c24-16(19-13-8-4-2-1-3-5-9-13)12-25-18-22-21-17-20-14-10-6-7-11-15(14)23(17)18/h6-7,10-11,13H,1-5,8-9,12H2,(H,19,24)(H,20,21). The van der Waals surface area contributed by atoms with E-state index in [2.05, 4.69) is 20.5 Å². The van der Waals surface area contributed by atoms with Crippen LogP contribution >= 0.6 is 11.8 Å². The first-order valence-corrected chi connectivity index (χ1v) is 10.0. The molecule has 1 amide bonds. The lowest BCUT2D eigenvalue weighted by Gasteiger charge is -2.20. The van der Waals surface area contributed by atoms with Gasteiger partial charge in [-0.15, -0.1) is 5.10 Å². The second-order valence-corrected chi connectivity index (χ2v) is 7.61. The van der Waals surface area contributed by atoms with Gasteiger partial charge in [0.15, 0.2) is 5.16 Å². The van der Waals surface area contributed by atoms with Crippen LogP contribution in [0.2, 0.25) is 0 Å². The molecule has 3 aromatic rings. The van der Waals surface area contributed by atoms with E-state index in [1.165, 1.54) is 43.9 Å². The number of fused-ring (bicyclic) bond motifs is 3. The molecule has 2 heterocycles. The average molecular weight is 357 g/mol. The van der Waals surface area contributed by atoms with Crippen molar-refractivity contribution in [2.75, 3.05) is 5.75 Å². The summed E-state index contributed by atoms with van der Waals surface area (Å²) >= 11 is 1.45. The Kier molecular flexibility index (Phi) is 4.92. The highest BCUT2D eigenvalue weighted by Gasteiger charge is 2.16. The zero-order chi connectivity index (χ0) is 17.1. The number of aromatic nitrogens is 4. The number of carbonyl (C=O) groups excluding carboxylic acids is 1. The molecule has 1 fully saturated rings. The largest absolute Gasteiger partial charge is 0.353 e. The number of rotatable bonds is 4. The van der Waals surface area contributed by atoms with Crippen molar-refractivity contribution in [1.82, 2.24) is 24.9 Å². The maximum atomic E-state index is 12.3. The van der Waals surface area contributed by atoms with Gasteiger partial charge >= 0.3 is 0 Å². The fourth-order valence-electron chi connectivity index (χ4n) is 3.54. The number of nitrogens with zero attached hydrogens (tertiary/aromatic N) is 3. The molecule has 0 aliphatic heterocycles. The molecule has 0 bridgehead atoms. The first-order valence-electron chi connectivity index (χ1n) is 9.05. The molecule has 7 heteroatoms. The molecule has 2 aromatic heterocycles. The van der Waals surface area contributed by atoms with Crippen molar-refractivity contribution in [3.8, 4) is 0 Å². The summed E-state index contributed by atoms with van der Waals surface area (Å²) in [6.45, 7) is 0. The minimum Gasteiger partial charge on any atom is -0.353 e. The van der Waals surface area contributed by atoms with Crippen molar-refractivity contribution < 1.29 is 4.79 Å². The third kappa shape index (κ3) is 3.66. The molecule has 1 aliphatic rings. The Balaban J connectivity index is 1.40. The van der Waals surface area contributed by atoms with Crippen LogP contribution in [0.4, 0.5) is 0 Å². The Hall–Kier alpha value is -2.02. The highest BCUT2D eigenvalue weighted by atomic mass is 32.2. The highest BCUT2D eigenvalue weighted by Crippen LogP contribution is 2.23. The summed E-state index contributed by atoms with van der Waals surface area (Å²) in [5, 5.41) is 11.2. The minimum atomic E-state index is 0.0937. The number of nitrogens with one attached hydrogen (secondary N) is 2. The van der Waals surface area contributed by atoms with Crippen molar-refractivity contribution in [2.45, 2.75) is 56.1 Å². The number of amides is 1. The van der Waals surface area contributed by atoms with Crippen LogP contribution in [0.3, 0.4) is 0 Å². The Morgan fingerprint density at radius 3 is 2.80 bits per heavy atom. The van der Waals surface area contributed by atoms with E-state index in [9.17, 15) is 4.79 Å². The van der Waals surface area contributed by atoms with E-state index in [-0.39, 0.29) is 5.91 Å². The van der Waals surface area contributed by atoms with Gasteiger partial charge in [0.25, 0.3) is 0 Å². The van der Waals surface area contributed by atoms with E-state index in [0.29, 0.717) is 17.6 Å². The molecule has 0 unspecified atom stereocenters. The van der Waals surface area contributed by atoms with Crippen molar-refractivity contribution >= 4 is 34.5 Å². The number of hydrogen-bond acceptors (Lipinski definition) is 4. The molecule has 1 aromatic carbocycles. The second kappa shape index (κ2) is 7.47. The monoisotopic (exact) mass is 357 g/mol. The zero-order valence-electron chi connectivity index (χ0n) is 14.2. The lowest BCUT2D eigenvalue weighted by Crippen LogP contribution is -2.36. The maximum Gasteiger partial charge on any atom is 0.231 e. The van der Waals surface area contributed by atoms with Crippen LogP contribution in [0.1, 0.15) is 44.9 Å². The first-order chi connectivity index (χ1) is 12.3. The van der Waals surface area contributed by atoms with Crippen LogP contribution in [0.25, 0.3) is 16.8 Å². The molecular formula is C18H23N5OS. The number of benzene rings is 1. The van der Waals surface area contributed by atoms with Crippen LogP contribution in [0.15, 0.2) is 29.4 Å². The van der Waals surface area contributed by atoms with Crippen molar-refractivity contribution in [3.63, 3.8) is 0 Å². The molecule has 2 N–H and O–H groups in total.